The summed E-state index contributed by atoms with van der Waals surface area (Å²) in [6.45, 7) is 8.86. The second-order valence-electron chi connectivity index (χ2n) is 25.0. The number of nitrogens with zero attached hydrogens (tertiary/aromatic N) is 1. The third kappa shape index (κ3) is 6.99. The van der Waals surface area contributed by atoms with Crippen molar-refractivity contribution in [2.24, 2.45) is 79.6 Å². The Morgan fingerprint density at radius 1 is 0.942 bits per heavy atom. The number of carbonyl (C=O) groups is 2. The maximum atomic E-state index is 14.2. The Bertz CT molecular complexity index is 2150. The topological polar surface area (TPSA) is 261 Å². The highest BCUT2D eigenvalue weighted by Crippen LogP contribution is 2.80. The molecule has 69 heavy (non-hydrogen) atoms. The average molecular weight is 963 g/mol. The SMILES string of the molecule is C[C@]1(CO)CC[C@]2(C(=O)O)CC[C@]3(C)C(=CC[C@@H]4[C@@]5(C6CCCCC6)[C@H]([C@H]6C=C[C@@](CCCN)(c7cnc[nH]7)[C@H]7NC(=O)C[C@@H]67)[C@@H](O)[C@@H](O[C@@H]6OC[C@@H](O)[C@H](O)[C@H]6O)[C@@](C)(CO)[C@H]5CC[C@]43C)[C@@H]2C1. The van der Waals surface area contributed by atoms with Crippen LogP contribution in [0.4, 0.5) is 0 Å². The first-order chi connectivity index (χ1) is 32.9. The van der Waals surface area contributed by atoms with Gasteiger partial charge in [0.05, 0.1) is 42.6 Å². The van der Waals surface area contributed by atoms with Crippen LogP contribution in [-0.4, -0.2) is 127 Å². The zero-order chi connectivity index (χ0) is 49.1. The molecule has 0 spiro atoms. The Kier molecular flexibility index (Phi) is 12.8. The van der Waals surface area contributed by atoms with Crippen molar-refractivity contribution >= 4 is 11.9 Å². The summed E-state index contributed by atoms with van der Waals surface area (Å²) < 4.78 is 12.8. The van der Waals surface area contributed by atoms with Gasteiger partial charge in [0, 0.05) is 42.3 Å². The lowest BCUT2D eigenvalue weighted by molar-refractivity contribution is -0.353. The predicted molar refractivity (Wildman–Crippen MR) is 255 cm³/mol. The molecule has 384 valence electrons. The molecule has 2 saturated heterocycles. The van der Waals surface area contributed by atoms with E-state index in [4.69, 9.17) is 15.2 Å². The van der Waals surface area contributed by atoms with Crippen LogP contribution in [0.1, 0.15) is 136 Å². The monoisotopic (exact) mass is 963 g/mol. The molecule has 10 rings (SSSR count). The van der Waals surface area contributed by atoms with E-state index in [0.29, 0.717) is 64.3 Å². The van der Waals surface area contributed by atoms with E-state index in [-0.39, 0.29) is 79.1 Å². The van der Waals surface area contributed by atoms with Crippen LogP contribution in [0.2, 0.25) is 0 Å². The van der Waals surface area contributed by atoms with Gasteiger partial charge in [-0.15, -0.1) is 0 Å². The Hall–Kier alpha value is -2.73. The fourth-order valence-electron chi connectivity index (χ4n) is 18.6. The van der Waals surface area contributed by atoms with Crippen molar-refractivity contribution < 1.29 is 54.8 Å². The number of rotatable bonds is 11. The van der Waals surface area contributed by atoms with Crippen LogP contribution in [0, 0.1) is 73.9 Å². The molecule has 15 heteroatoms. The quantitative estimate of drug-likeness (QED) is 0.109. The molecule has 5 saturated carbocycles. The number of carbonyl (C=O) groups excluding carboxylic acids is 1. The summed E-state index contributed by atoms with van der Waals surface area (Å²) in [5.74, 6) is -2.28. The van der Waals surface area contributed by atoms with E-state index in [0.717, 1.165) is 44.2 Å². The number of H-pyrrole nitrogens is 1. The summed E-state index contributed by atoms with van der Waals surface area (Å²) in [4.78, 5) is 35.6. The molecule has 0 radical (unpaired) electrons. The average Bonchev–Trinajstić information content (AvgIpc) is 4.04. The second kappa shape index (κ2) is 17.7. The van der Waals surface area contributed by atoms with Gasteiger partial charge in [-0.3, -0.25) is 9.59 Å². The lowest BCUT2D eigenvalue weighted by atomic mass is 9.28. The predicted octanol–water partition coefficient (Wildman–Crippen LogP) is 4.49. The smallest absolute Gasteiger partial charge is 0.310 e. The van der Waals surface area contributed by atoms with E-state index in [1.54, 1.807) is 6.33 Å². The number of nitrogens with two attached hydrogens (primary N) is 1. The van der Waals surface area contributed by atoms with Crippen LogP contribution in [0.5, 0.6) is 0 Å². The van der Waals surface area contributed by atoms with Crippen molar-refractivity contribution in [3.05, 3.63) is 42.0 Å². The van der Waals surface area contributed by atoms with Crippen molar-refractivity contribution in [2.75, 3.05) is 26.4 Å². The molecule has 9 aliphatic rings. The van der Waals surface area contributed by atoms with Crippen LogP contribution in [0.25, 0.3) is 0 Å². The molecular formula is C54H82N4O11. The fraction of sp³-hybridized carbons (Fsp3) is 0.833. The Balaban J connectivity index is 1.20. The number of aromatic amines is 1. The number of amides is 1. The first kappa shape index (κ1) is 49.8. The summed E-state index contributed by atoms with van der Waals surface area (Å²) in [5, 5.41) is 84.4. The van der Waals surface area contributed by atoms with E-state index in [1.807, 2.05) is 13.1 Å². The van der Waals surface area contributed by atoms with Crippen molar-refractivity contribution in [3.8, 4) is 0 Å². The van der Waals surface area contributed by atoms with Crippen LogP contribution in [-0.2, 0) is 24.5 Å². The van der Waals surface area contributed by atoms with Crippen molar-refractivity contribution in [1.82, 2.24) is 15.3 Å². The number of nitrogens with one attached hydrogen (secondary N) is 2. The zero-order valence-electron chi connectivity index (χ0n) is 41.4. The van der Waals surface area contributed by atoms with Crippen LogP contribution >= 0.6 is 0 Å². The number of ether oxygens (including phenoxy) is 2. The molecule has 11 N–H and O–H groups in total. The normalized spacial score (nSPS) is 50.7. The van der Waals surface area contributed by atoms with Crippen LogP contribution < -0.4 is 11.1 Å². The molecule has 0 unspecified atom stereocenters. The number of imidazole rings is 1. The van der Waals surface area contributed by atoms with Crippen molar-refractivity contribution in [3.63, 3.8) is 0 Å². The number of hydrogen-bond donors (Lipinski definition) is 10. The van der Waals surface area contributed by atoms with E-state index in [1.165, 1.54) is 5.57 Å². The molecule has 15 nitrogen and oxygen atoms in total. The Morgan fingerprint density at radius 3 is 2.38 bits per heavy atom. The Morgan fingerprint density at radius 2 is 1.70 bits per heavy atom. The molecule has 20 atom stereocenters. The van der Waals surface area contributed by atoms with E-state index >= 15 is 0 Å². The molecule has 1 aromatic rings. The third-order valence-corrected chi connectivity index (χ3v) is 22.3. The zero-order valence-corrected chi connectivity index (χ0v) is 41.4. The number of allylic oxidation sites excluding steroid dienone is 3. The first-order valence-corrected chi connectivity index (χ1v) is 26.7. The van der Waals surface area contributed by atoms with Gasteiger partial charge in [0.15, 0.2) is 6.29 Å². The van der Waals surface area contributed by atoms with Gasteiger partial charge in [-0.05, 0) is 141 Å². The van der Waals surface area contributed by atoms with Gasteiger partial charge in [-0.25, -0.2) is 4.98 Å². The number of carboxylic acid groups (broad SMARTS) is 1. The van der Waals surface area contributed by atoms with Gasteiger partial charge in [0.1, 0.15) is 18.3 Å². The molecule has 1 aromatic heterocycles. The summed E-state index contributed by atoms with van der Waals surface area (Å²) in [5.41, 5.74) is 3.87. The third-order valence-electron chi connectivity index (χ3n) is 22.3. The highest BCUT2D eigenvalue weighted by Gasteiger charge is 2.77. The molecule has 0 bridgehead atoms. The maximum Gasteiger partial charge on any atom is 0.310 e. The van der Waals surface area contributed by atoms with Gasteiger partial charge in [-0.1, -0.05) is 70.8 Å². The standard InChI is InChI=1S/C54H82N4O11/c1-48(27-59)18-20-52(47(66)67)21-19-50(3)33(34(52)24-48)11-12-37-51(50,4)16-14-36-49(2,28-60)45(69-46-43(65)41(63)35(61)26-68-46)42(64)40(54(36,37)30-9-6-5-7-10-30)31-13-17-53(15-8-22-55,38-25-56-29-57-38)44-32(31)23-39(62)58-44/h11,13,17,25,29-32,34-37,40-46,59-61,63-65H,5-10,12,14-16,18-24,26-28,55H2,1-4H3,(H,56,57)(H,58,62)(H,66,67)/t31-,32-,34-,35+,36+,37-,40+,41-,42+,43+,44-,45+,46-,48-,49-,50+,51+,52-,53-,54-/m0/s1. The van der Waals surface area contributed by atoms with Crippen molar-refractivity contribution in [2.45, 2.75) is 179 Å². The van der Waals surface area contributed by atoms with Gasteiger partial charge >= 0.3 is 5.97 Å². The highest BCUT2D eigenvalue weighted by atomic mass is 16.7. The minimum atomic E-state index is -1.62. The molecule has 0 aromatic carbocycles. The molecule has 3 heterocycles. The van der Waals surface area contributed by atoms with Crippen LogP contribution in [0.3, 0.4) is 0 Å². The lowest BCUT2D eigenvalue weighted by Crippen LogP contribution is -2.76. The number of aliphatic carboxylic acids is 1. The summed E-state index contributed by atoms with van der Waals surface area (Å²) in [6, 6.07) is -0.355. The second-order valence-corrected chi connectivity index (χ2v) is 25.0. The number of aliphatic hydroxyl groups is 6. The molecule has 2 aliphatic heterocycles. The minimum absolute atomic E-state index is 0.00286. The number of hydrogen-bond acceptors (Lipinski definition) is 12. The maximum absolute atomic E-state index is 14.2. The molecular weight excluding hydrogens is 881 g/mol. The minimum Gasteiger partial charge on any atom is -0.481 e. The molecule has 7 aliphatic carbocycles. The lowest BCUT2D eigenvalue weighted by Gasteiger charge is -2.76. The number of aromatic nitrogens is 2. The molecule has 7 fully saturated rings. The van der Waals surface area contributed by atoms with E-state index in [9.17, 15) is 45.3 Å². The highest BCUT2D eigenvalue weighted by molar-refractivity contribution is 5.80. The molecule has 1 amide bonds. The van der Waals surface area contributed by atoms with Crippen LogP contribution in [0.15, 0.2) is 36.3 Å². The van der Waals surface area contributed by atoms with Gasteiger partial charge in [0.25, 0.3) is 0 Å². The number of aliphatic hydroxyl groups excluding tert-OH is 6. The van der Waals surface area contributed by atoms with Gasteiger partial charge in [0.2, 0.25) is 5.91 Å². The largest absolute Gasteiger partial charge is 0.481 e. The van der Waals surface area contributed by atoms with Gasteiger partial charge < -0.3 is 61.3 Å². The number of carboxylic acids is 1. The van der Waals surface area contributed by atoms with E-state index < -0.39 is 81.2 Å². The Labute approximate surface area is 407 Å². The fourth-order valence-corrected chi connectivity index (χ4v) is 18.6. The van der Waals surface area contributed by atoms with Crippen molar-refractivity contribution in [1.29, 1.82) is 0 Å². The number of fused-ring (bicyclic) bond motifs is 8. The summed E-state index contributed by atoms with van der Waals surface area (Å²) in [6.07, 6.45) is 14.1. The van der Waals surface area contributed by atoms with E-state index in [2.05, 4.69) is 54.3 Å². The van der Waals surface area contributed by atoms with Gasteiger partial charge in [-0.2, -0.15) is 0 Å². The summed E-state index contributed by atoms with van der Waals surface area (Å²) in [7, 11) is 0. The summed E-state index contributed by atoms with van der Waals surface area (Å²) >= 11 is 0. The first-order valence-electron chi connectivity index (χ1n) is 26.7.